The molecule has 11 heteroatoms. The highest BCUT2D eigenvalue weighted by Crippen LogP contribution is 2.30. The number of ether oxygens (including phenoxy) is 3. The maximum atomic E-state index is 10.3. The Balaban J connectivity index is 2.11. The van der Waals surface area contributed by atoms with Gasteiger partial charge in [0.2, 0.25) is 0 Å². The van der Waals surface area contributed by atoms with Crippen molar-refractivity contribution in [3.8, 4) is 0 Å². The summed E-state index contributed by atoms with van der Waals surface area (Å²) in [4.78, 5) is 0. The molecule has 2 aliphatic rings. The van der Waals surface area contributed by atoms with Gasteiger partial charge in [-0.25, -0.2) is 0 Å². The van der Waals surface area contributed by atoms with Crippen molar-refractivity contribution in [3.05, 3.63) is 0 Å². The van der Waals surface area contributed by atoms with Crippen molar-refractivity contribution in [2.75, 3.05) is 13.2 Å². The predicted molar refractivity (Wildman–Crippen MR) is 82.7 cm³/mol. The molecule has 2 heterocycles. The van der Waals surface area contributed by atoms with Gasteiger partial charge in [-0.2, -0.15) is 0 Å². The molecule has 2 rings (SSSR count). The standard InChI is InChI=1S/C15H28O11/c1-5(18)2-6-9(19)12(22)14(8(4-17)24-6)26-15-13(23)11(21)10(20)7(3-16)25-15/h5-23H,2-4H2,1H3/t5?,6-,7+,8+,9-,10-,11-,12?,13+,14+,15-/m0/s1. The van der Waals surface area contributed by atoms with E-state index in [2.05, 4.69) is 0 Å². The van der Waals surface area contributed by atoms with Crippen LogP contribution in [0.4, 0.5) is 0 Å². The molecular weight excluding hydrogens is 356 g/mol. The van der Waals surface area contributed by atoms with Gasteiger partial charge in [0.05, 0.1) is 25.4 Å². The Hall–Kier alpha value is -0.440. The van der Waals surface area contributed by atoms with Crippen molar-refractivity contribution in [3.63, 3.8) is 0 Å². The van der Waals surface area contributed by atoms with Crippen LogP contribution in [0.2, 0.25) is 0 Å². The van der Waals surface area contributed by atoms with E-state index < -0.39 is 80.5 Å². The largest absolute Gasteiger partial charge is 0.394 e. The topological polar surface area (TPSA) is 190 Å². The molecule has 2 saturated heterocycles. The Morgan fingerprint density at radius 2 is 1.35 bits per heavy atom. The zero-order valence-electron chi connectivity index (χ0n) is 14.3. The van der Waals surface area contributed by atoms with E-state index in [0.29, 0.717) is 0 Å². The highest BCUT2D eigenvalue weighted by atomic mass is 16.7. The predicted octanol–water partition coefficient (Wildman–Crippen LogP) is -4.58. The maximum Gasteiger partial charge on any atom is 0.187 e. The van der Waals surface area contributed by atoms with Gasteiger partial charge in [-0.1, -0.05) is 0 Å². The molecule has 8 N–H and O–H groups in total. The van der Waals surface area contributed by atoms with Crippen LogP contribution in [0.25, 0.3) is 0 Å². The molecule has 0 aromatic carbocycles. The lowest BCUT2D eigenvalue weighted by Gasteiger charge is -2.46. The first kappa shape index (κ1) is 21.9. The summed E-state index contributed by atoms with van der Waals surface area (Å²) in [7, 11) is 0. The Bertz CT molecular complexity index is 432. The molecule has 2 fully saturated rings. The van der Waals surface area contributed by atoms with Crippen LogP contribution in [0.15, 0.2) is 0 Å². The SMILES string of the molecule is CC(O)C[C@@H]1O[C@H](CO)[C@@H](O[C@@H]2O[C@H](CO)[C@H](O)[C@H](O)[C@H]2O)C(O)[C@H]1O. The maximum absolute atomic E-state index is 10.3. The van der Waals surface area contributed by atoms with Crippen molar-refractivity contribution < 1.29 is 55.1 Å². The molecule has 154 valence electrons. The van der Waals surface area contributed by atoms with Gasteiger partial charge >= 0.3 is 0 Å². The summed E-state index contributed by atoms with van der Waals surface area (Å²) in [6, 6.07) is 0. The van der Waals surface area contributed by atoms with Gasteiger partial charge in [0.25, 0.3) is 0 Å². The fourth-order valence-corrected chi connectivity index (χ4v) is 3.20. The Morgan fingerprint density at radius 3 is 1.88 bits per heavy atom. The number of aliphatic hydroxyl groups is 8. The van der Waals surface area contributed by atoms with Gasteiger partial charge < -0.3 is 55.1 Å². The highest BCUT2D eigenvalue weighted by Gasteiger charge is 2.50. The zero-order chi connectivity index (χ0) is 19.6. The minimum Gasteiger partial charge on any atom is -0.394 e. The van der Waals surface area contributed by atoms with E-state index in [1.165, 1.54) is 6.92 Å². The van der Waals surface area contributed by atoms with Crippen molar-refractivity contribution >= 4 is 0 Å². The van der Waals surface area contributed by atoms with E-state index >= 15 is 0 Å². The minimum absolute atomic E-state index is 0.0154. The Morgan fingerprint density at radius 1 is 0.769 bits per heavy atom. The van der Waals surface area contributed by atoms with Crippen LogP contribution in [0.5, 0.6) is 0 Å². The third-order valence-electron chi connectivity index (χ3n) is 4.68. The molecule has 2 unspecified atom stereocenters. The fourth-order valence-electron chi connectivity index (χ4n) is 3.20. The van der Waals surface area contributed by atoms with E-state index in [4.69, 9.17) is 14.2 Å². The second-order valence-corrected chi connectivity index (χ2v) is 6.76. The number of hydrogen-bond donors (Lipinski definition) is 8. The third-order valence-corrected chi connectivity index (χ3v) is 4.68. The molecule has 0 radical (unpaired) electrons. The molecule has 2 aliphatic heterocycles. The average molecular weight is 384 g/mol. The molecule has 0 aromatic rings. The summed E-state index contributed by atoms with van der Waals surface area (Å²) in [5.41, 5.74) is 0. The molecule has 0 saturated carbocycles. The van der Waals surface area contributed by atoms with Crippen LogP contribution in [-0.2, 0) is 14.2 Å². The number of rotatable bonds is 6. The summed E-state index contributed by atoms with van der Waals surface area (Å²) in [5.74, 6) is 0. The Kier molecular flexibility index (Phi) is 7.71. The van der Waals surface area contributed by atoms with Crippen LogP contribution < -0.4 is 0 Å². The van der Waals surface area contributed by atoms with Crippen LogP contribution in [0.3, 0.4) is 0 Å². The zero-order valence-corrected chi connectivity index (χ0v) is 14.3. The lowest BCUT2D eigenvalue weighted by atomic mass is 9.92. The van der Waals surface area contributed by atoms with E-state index in [-0.39, 0.29) is 6.42 Å². The van der Waals surface area contributed by atoms with Gasteiger partial charge in [-0.05, 0) is 6.92 Å². The normalized spacial score (nSPS) is 48.3. The van der Waals surface area contributed by atoms with Crippen LogP contribution in [0, 0.1) is 0 Å². The lowest BCUT2D eigenvalue weighted by Crippen LogP contribution is -2.64. The van der Waals surface area contributed by atoms with Gasteiger partial charge in [0, 0.05) is 6.42 Å². The van der Waals surface area contributed by atoms with Crippen molar-refractivity contribution in [2.45, 2.75) is 80.7 Å². The molecule has 0 aromatic heterocycles. The first-order valence-electron chi connectivity index (χ1n) is 8.47. The van der Waals surface area contributed by atoms with Gasteiger partial charge in [0.1, 0.15) is 48.8 Å². The van der Waals surface area contributed by atoms with Crippen molar-refractivity contribution in [2.24, 2.45) is 0 Å². The highest BCUT2D eigenvalue weighted by molar-refractivity contribution is 4.95. The first-order chi connectivity index (χ1) is 12.2. The van der Waals surface area contributed by atoms with Crippen molar-refractivity contribution in [1.29, 1.82) is 0 Å². The molecule has 0 aliphatic carbocycles. The molecule has 26 heavy (non-hydrogen) atoms. The first-order valence-corrected chi connectivity index (χ1v) is 8.47. The van der Waals surface area contributed by atoms with Gasteiger partial charge in [0.15, 0.2) is 6.29 Å². The molecule has 0 amide bonds. The number of aliphatic hydroxyl groups excluding tert-OH is 8. The van der Waals surface area contributed by atoms with E-state index in [9.17, 15) is 40.9 Å². The summed E-state index contributed by atoms with van der Waals surface area (Å²) >= 11 is 0. The van der Waals surface area contributed by atoms with Crippen LogP contribution in [-0.4, -0.2) is 121 Å². The van der Waals surface area contributed by atoms with E-state index in [0.717, 1.165) is 0 Å². The molecule has 11 atom stereocenters. The average Bonchev–Trinajstić information content (AvgIpc) is 2.60. The lowest BCUT2D eigenvalue weighted by molar-refractivity contribution is -0.342. The van der Waals surface area contributed by atoms with Crippen molar-refractivity contribution in [1.82, 2.24) is 0 Å². The van der Waals surface area contributed by atoms with E-state index in [1.54, 1.807) is 0 Å². The van der Waals surface area contributed by atoms with Crippen LogP contribution in [0.1, 0.15) is 13.3 Å². The van der Waals surface area contributed by atoms with Gasteiger partial charge in [-0.3, -0.25) is 0 Å². The molecular formula is C15H28O11. The minimum atomic E-state index is -1.70. The monoisotopic (exact) mass is 384 g/mol. The fraction of sp³-hybridized carbons (Fsp3) is 1.00. The molecule has 11 nitrogen and oxygen atoms in total. The summed E-state index contributed by atoms with van der Waals surface area (Å²) in [6.07, 6.45) is -14.9. The van der Waals surface area contributed by atoms with Crippen LogP contribution >= 0.6 is 0 Å². The Labute approximate surface area is 150 Å². The number of hydrogen-bond acceptors (Lipinski definition) is 11. The third kappa shape index (κ3) is 4.51. The molecule has 0 bridgehead atoms. The smallest absolute Gasteiger partial charge is 0.187 e. The van der Waals surface area contributed by atoms with E-state index in [1.807, 2.05) is 0 Å². The second-order valence-electron chi connectivity index (χ2n) is 6.76. The summed E-state index contributed by atoms with van der Waals surface area (Å²) < 4.78 is 16.1. The summed E-state index contributed by atoms with van der Waals surface area (Å²) in [6.45, 7) is 0.228. The quantitative estimate of drug-likeness (QED) is 0.220. The molecule has 0 spiro atoms. The summed E-state index contributed by atoms with van der Waals surface area (Å²) in [5, 5.41) is 78.2. The van der Waals surface area contributed by atoms with Gasteiger partial charge in [-0.15, -0.1) is 0 Å². The second kappa shape index (κ2) is 9.17.